The van der Waals surface area contributed by atoms with Crippen LogP contribution in [0.15, 0.2) is 24.3 Å². The van der Waals surface area contributed by atoms with Gasteiger partial charge in [-0.2, -0.15) is 0 Å². The molecular weight excluding hydrogens is 140 g/mol. The molecular formula is C9H14O2. The van der Waals surface area contributed by atoms with Crippen LogP contribution in [0.1, 0.15) is 13.8 Å². The van der Waals surface area contributed by atoms with Crippen LogP contribution in [0.3, 0.4) is 0 Å². The van der Waals surface area contributed by atoms with E-state index in [4.69, 9.17) is 5.11 Å². The third-order valence-corrected chi connectivity index (χ3v) is 1.52. The van der Waals surface area contributed by atoms with E-state index in [0.29, 0.717) is 5.57 Å². The molecule has 0 heterocycles. The summed E-state index contributed by atoms with van der Waals surface area (Å²) in [5.74, 6) is -0.278. The summed E-state index contributed by atoms with van der Waals surface area (Å²) < 4.78 is 0. The zero-order valence-corrected chi connectivity index (χ0v) is 7.00. The standard InChI is InChI=1S/C9H14O2/c1-4-5-9(6-10)7(2)8(3)11/h4-5,9-10H,2,6H2,1,3H3/b5-4+/t9-/m0/s1. The minimum atomic E-state index is -0.211. The fourth-order valence-electron chi connectivity index (χ4n) is 0.781. The number of allylic oxidation sites excluding steroid dienone is 1. The predicted molar refractivity (Wildman–Crippen MR) is 45.2 cm³/mol. The summed E-state index contributed by atoms with van der Waals surface area (Å²) in [7, 11) is 0. The highest BCUT2D eigenvalue weighted by atomic mass is 16.3. The smallest absolute Gasteiger partial charge is 0.155 e. The van der Waals surface area contributed by atoms with E-state index in [1.807, 2.05) is 6.92 Å². The zero-order valence-electron chi connectivity index (χ0n) is 7.00. The Hall–Kier alpha value is -0.890. The van der Waals surface area contributed by atoms with Crippen LogP contribution in [0, 0.1) is 5.92 Å². The molecule has 0 aromatic carbocycles. The van der Waals surface area contributed by atoms with Crippen LogP contribution in [0.4, 0.5) is 0 Å². The lowest BCUT2D eigenvalue weighted by molar-refractivity contribution is -0.114. The van der Waals surface area contributed by atoms with Gasteiger partial charge in [0.25, 0.3) is 0 Å². The lowest BCUT2D eigenvalue weighted by Crippen LogP contribution is -2.11. The second-order valence-electron chi connectivity index (χ2n) is 2.40. The van der Waals surface area contributed by atoms with Crippen LogP contribution in [0.25, 0.3) is 0 Å². The van der Waals surface area contributed by atoms with Crippen LogP contribution < -0.4 is 0 Å². The van der Waals surface area contributed by atoms with Crippen LogP contribution in [0.2, 0.25) is 0 Å². The number of ketones is 1. The van der Waals surface area contributed by atoms with E-state index < -0.39 is 0 Å². The maximum Gasteiger partial charge on any atom is 0.155 e. The molecule has 0 unspecified atom stereocenters. The van der Waals surface area contributed by atoms with Gasteiger partial charge < -0.3 is 5.11 Å². The zero-order chi connectivity index (χ0) is 8.85. The minimum absolute atomic E-state index is 0.0528. The van der Waals surface area contributed by atoms with Gasteiger partial charge in [-0.3, -0.25) is 4.79 Å². The summed E-state index contributed by atoms with van der Waals surface area (Å²) >= 11 is 0. The largest absolute Gasteiger partial charge is 0.395 e. The Balaban J connectivity index is 4.26. The molecule has 0 aromatic rings. The van der Waals surface area contributed by atoms with E-state index >= 15 is 0 Å². The second kappa shape index (κ2) is 4.85. The van der Waals surface area contributed by atoms with Crippen molar-refractivity contribution in [1.29, 1.82) is 0 Å². The molecule has 0 radical (unpaired) electrons. The van der Waals surface area contributed by atoms with Crippen molar-refractivity contribution in [3.05, 3.63) is 24.3 Å². The van der Waals surface area contributed by atoms with E-state index in [1.165, 1.54) is 6.92 Å². The highest BCUT2D eigenvalue weighted by Gasteiger charge is 2.10. The summed E-state index contributed by atoms with van der Waals surface area (Å²) in [6, 6.07) is 0. The van der Waals surface area contributed by atoms with Gasteiger partial charge in [0.2, 0.25) is 0 Å². The van der Waals surface area contributed by atoms with Crippen molar-refractivity contribution in [2.24, 2.45) is 5.92 Å². The number of carbonyl (C=O) groups excluding carboxylic acids is 1. The molecule has 1 N–H and O–H groups in total. The Bertz CT molecular complexity index is 180. The summed E-state index contributed by atoms with van der Waals surface area (Å²) in [4.78, 5) is 10.8. The molecule has 0 aliphatic carbocycles. The molecule has 62 valence electrons. The van der Waals surface area contributed by atoms with Crippen molar-refractivity contribution in [3.8, 4) is 0 Å². The third-order valence-electron chi connectivity index (χ3n) is 1.52. The first-order valence-corrected chi connectivity index (χ1v) is 3.56. The van der Waals surface area contributed by atoms with E-state index in [2.05, 4.69) is 6.58 Å². The first-order chi connectivity index (χ1) is 5.13. The van der Waals surface area contributed by atoms with Gasteiger partial charge in [0.05, 0.1) is 6.61 Å². The molecule has 0 amide bonds. The number of aliphatic hydroxyl groups is 1. The fraction of sp³-hybridized carbons (Fsp3) is 0.444. The van der Waals surface area contributed by atoms with Crippen molar-refractivity contribution in [1.82, 2.24) is 0 Å². The fourth-order valence-corrected chi connectivity index (χ4v) is 0.781. The Morgan fingerprint density at radius 2 is 2.27 bits per heavy atom. The van der Waals surface area contributed by atoms with Crippen LogP contribution in [-0.2, 0) is 4.79 Å². The summed E-state index contributed by atoms with van der Waals surface area (Å²) in [5, 5.41) is 8.81. The lowest BCUT2D eigenvalue weighted by atomic mass is 9.98. The number of rotatable bonds is 4. The highest BCUT2D eigenvalue weighted by Crippen LogP contribution is 2.10. The molecule has 0 aliphatic rings. The van der Waals surface area contributed by atoms with E-state index in [0.717, 1.165) is 0 Å². The predicted octanol–water partition coefficient (Wildman–Crippen LogP) is 1.32. The van der Waals surface area contributed by atoms with Crippen molar-refractivity contribution in [2.45, 2.75) is 13.8 Å². The molecule has 0 rings (SSSR count). The molecule has 11 heavy (non-hydrogen) atoms. The molecule has 0 fully saturated rings. The molecule has 0 aliphatic heterocycles. The number of aliphatic hydroxyl groups excluding tert-OH is 1. The molecule has 2 heteroatoms. The summed E-state index contributed by atoms with van der Waals surface area (Å²) in [6.07, 6.45) is 3.57. The van der Waals surface area contributed by atoms with Crippen molar-refractivity contribution in [3.63, 3.8) is 0 Å². The van der Waals surface area contributed by atoms with Crippen molar-refractivity contribution < 1.29 is 9.90 Å². The average molecular weight is 154 g/mol. The average Bonchev–Trinajstić information content (AvgIpc) is 1.98. The van der Waals surface area contributed by atoms with E-state index in [9.17, 15) is 4.79 Å². The molecule has 1 atom stereocenters. The molecule has 0 bridgehead atoms. The normalized spacial score (nSPS) is 13.4. The third kappa shape index (κ3) is 3.14. The first kappa shape index (κ1) is 10.1. The van der Waals surface area contributed by atoms with Crippen LogP contribution in [-0.4, -0.2) is 17.5 Å². The molecule has 0 aromatic heterocycles. The second-order valence-corrected chi connectivity index (χ2v) is 2.40. The van der Waals surface area contributed by atoms with Gasteiger partial charge in [-0.25, -0.2) is 0 Å². The maximum absolute atomic E-state index is 10.8. The number of hydrogen-bond acceptors (Lipinski definition) is 2. The van der Waals surface area contributed by atoms with Crippen molar-refractivity contribution in [2.75, 3.05) is 6.61 Å². The van der Waals surface area contributed by atoms with E-state index in [1.54, 1.807) is 12.2 Å². The highest BCUT2D eigenvalue weighted by molar-refractivity contribution is 5.93. The first-order valence-electron chi connectivity index (χ1n) is 3.56. The Kier molecular flexibility index (Phi) is 4.46. The maximum atomic E-state index is 10.8. The molecule has 0 spiro atoms. The molecule has 2 nitrogen and oxygen atoms in total. The van der Waals surface area contributed by atoms with Gasteiger partial charge in [0.15, 0.2) is 5.78 Å². The molecule has 0 saturated carbocycles. The van der Waals surface area contributed by atoms with Gasteiger partial charge in [-0.05, 0) is 19.4 Å². The summed E-state index contributed by atoms with van der Waals surface area (Å²) in [6.45, 7) is 6.83. The van der Waals surface area contributed by atoms with Gasteiger partial charge in [-0.15, -0.1) is 0 Å². The minimum Gasteiger partial charge on any atom is -0.395 e. The Morgan fingerprint density at radius 1 is 1.73 bits per heavy atom. The topological polar surface area (TPSA) is 37.3 Å². The van der Waals surface area contributed by atoms with Crippen LogP contribution >= 0.6 is 0 Å². The van der Waals surface area contributed by atoms with Gasteiger partial charge >= 0.3 is 0 Å². The van der Waals surface area contributed by atoms with Crippen molar-refractivity contribution >= 4 is 5.78 Å². The number of carbonyl (C=O) groups is 1. The Labute approximate surface area is 67.2 Å². The summed E-state index contributed by atoms with van der Waals surface area (Å²) in [5.41, 5.74) is 0.464. The molecule has 0 saturated heterocycles. The number of Topliss-reactive ketones (excluding diaryl/α,β-unsaturated/α-hetero) is 1. The lowest BCUT2D eigenvalue weighted by Gasteiger charge is -2.08. The van der Waals surface area contributed by atoms with Gasteiger partial charge in [-0.1, -0.05) is 18.7 Å². The quantitative estimate of drug-likeness (QED) is 0.489. The number of hydrogen-bond donors (Lipinski definition) is 1. The monoisotopic (exact) mass is 154 g/mol. The van der Waals surface area contributed by atoms with Crippen LogP contribution in [0.5, 0.6) is 0 Å². The van der Waals surface area contributed by atoms with Gasteiger partial charge in [0, 0.05) is 5.92 Å². The van der Waals surface area contributed by atoms with Gasteiger partial charge in [0.1, 0.15) is 0 Å². The Morgan fingerprint density at radius 3 is 2.55 bits per heavy atom. The van der Waals surface area contributed by atoms with E-state index in [-0.39, 0.29) is 18.3 Å². The SMILES string of the molecule is C=C(C(C)=O)[C@@H](/C=C/C)CO.